The molecule has 4 heterocycles. The summed E-state index contributed by atoms with van der Waals surface area (Å²) in [6.45, 7) is 8.37. The summed E-state index contributed by atoms with van der Waals surface area (Å²) in [5, 5.41) is 6.86. The Bertz CT molecular complexity index is 1320. The molecule has 0 saturated carbocycles. The van der Waals surface area contributed by atoms with Crippen molar-refractivity contribution in [3.05, 3.63) is 78.1 Å². The minimum absolute atomic E-state index is 0.566. The van der Waals surface area contributed by atoms with E-state index >= 15 is 0 Å². The van der Waals surface area contributed by atoms with Crippen molar-refractivity contribution in [3.8, 4) is 17.0 Å². The van der Waals surface area contributed by atoms with Crippen molar-refractivity contribution < 1.29 is 4.74 Å². The molecule has 35 heavy (non-hydrogen) atoms. The third kappa shape index (κ3) is 4.40. The number of rotatable bonds is 5. The van der Waals surface area contributed by atoms with E-state index in [1.54, 1.807) is 0 Å². The second kappa shape index (κ2) is 9.36. The van der Waals surface area contributed by atoms with E-state index < -0.39 is 0 Å². The fourth-order valence-corrected chi connectivity index (χ4v) is 5.42. The van der Waals surface area contributed by atoms with E-state index in [1.165, 1.54) is 37.1 Å². The summed E-state index contributed by atoms with van der Waals surface area (Å²) in [7, 11) is 0. The molecule has 1 saturated heterocycles. The number of aromatic nitrogens is 2. The van der Waals surface area contributed by atoms with E-state index in [-0.39, 0.29) is 0 Å². The van der Waals surface area contributed by atoms with Gasteiger partial charge in [-0.25, -0.2) is 4.98 Å². The number of nitrogens with one attached hydrogen (secondary N) is 2. The average Bonchev–Trinajstić information content (AvgIpc) is 3.40. The highest BCUT2D eigenvalue weighted by Crippen LogP contribution is 2.33. The number of hydrogen-bond acceptors (Lipinski definition) is 5. The molecule has 0 atom stereocenters. The predicted octanol–water partition coefficient (Wildman–Crippen LogP) is 5.77. The van der Waals surface area contributed by atoms with E-state index in [4.69, 9.17) is 4.74 Å². The number of nitrogens with zero attached hydrogens (tertiary/aromatic N) is 3. The van der Waals surface area contributed by atoms with Crippen LogP contribution in [0.15, 0.2) is 67.0 Å². The number of benzene rings is 2. The Balaban J connectivity index is 1.21. The lowest BCUT2D eigenvalue weighted by Crippen LogP contribution is -2.37. The van der Waals surface area contributed by atoms with Crippen LogP contribution in [0.5, 0.6) is 5.75 Å². The minimum Gasteiger partial charge on any atom is -0.478 e. The first-order valence-corrected chi connectivity index (χ1v) is 12.7. The molecule has 180 valence electrons. The van der Waals surface area contributed by atoms with Gasteiger partial charge in [0, 0.05) is 36.2 Å². The van der Waals surface area contributed by atoms with Crippen LogP contribution in [0, 0.1) is 0 Å². The Morgan fingerprint density at radius 3 is 2.66 bits per heavy atom. The summed E-state index contributed by atoms with van der Waals surface area (Å²) in [5.41, 5.74) is 7.89. The number of ether oxygens (including phenoxy) is 1. The third-order valence-electron chi connectivity index (χ3n) is 7.47. The SMILES string of the molecule is CC(C)N1CCC(c2ccc(Nc3ccc(-c4ccc5c(c4)CNCO5)n4ccnc34)cc2)CC1. The van der Waals surface area contributed by atoms with E-state index in [1.807, 2.05) is 12.4 Å². The van der Waals surface area contributed by atoms with Crippen molar-refractivity contribution in [1.29, 1.82) is 0 Å². The Kier molecular flexibility index (Phi) is 5.92. The highest BCUT2D eigenvalue weighted by Gasteiger charge is 2.22. The van der Waals surface area contributed by atoms with E-state index in [9.17, 15) is 0 Å². The molecular weight excluding hydrogens is 434 g/mol. The fraction of sp³-hybridized carbons (Fsp3) is 0.345. The third-order valence-corrected chi connectivity index (χ3v) is 7.47. The maximum Gasteiger partial charge on any atom is 0.161 e. The molecule has 6 nitrogen and oxygen atoms in total. The van der Waals surface area contributed by atoms with Crippen LogP contribution >= 0.6 is 0 Å². The van der Waals surface area contributed by atoms with Gasteiger partial charge in [0.25, 0.3) is 0 Å². The van der Waals surface area contributed by atoms with Gasteiger partial charge in [-0.3, -0.25) is 9.72 Å². The molecule has 2 aromatic heterocycles. The number of hydrogen-bond donors (Lipinski definition) is 2. The Labute approximate surface area is 206 Å². The maximum absolute atomic E-state index is 5.69. The van der Waals surface area contributed by atoms with E-state index in [0.717, 1.165) is 40.6 Å². The molecule has 0 unspecified atom stereocenters. The molecule has 2 aromatic carbocycles. The van der Waals surface area contributed by atoms with Gasteiger partial charge in [0.05, 0.1) is 11.4 Å². The van der Waals surface area contributed by atoms with Crippen LogP contribution in [0.4, 0.5) is 11.4 Å². The highest BCUT2D eigenvalue weighted by molar-refractivity contribution is 5.78. The Hall–Kier alpha value is -3.35. The number of piperidine rings is 1. The van der Waals surface area contributed by atoms with Crippen LogP contribution in [-0.4, -0.2) is 40.1 Å². The van der Waals surface area contributed by atoms with Gasteiger partial charge in [0.15, 0.2) is 5.65 Å². The van der Waals surface area contributed by atoms with Gasteiger partial charge < -0.3 is 15.0 Å². The molecule has 6 rings (SSSR count). The summed E-state index contributed by atoms with van der Waals surface area (Å²) in [6, 6.07) is 20.3. The number of anilines is 2. The van der Waals surface area contributed by atoms with Gasteiger partial charge in [-0.1, -0.05) is 12.1 Å². The van der Waals surface area contributed by atoms with Crippen molar-refractivity contribution in [3.63, 3.8) is 0 Å². The summed E-state index contributed by atoms with van der Waals surface area (Å²) in [5.74, 6) is 1.62. The van der Waals surface area contributed by atoms with Gasteiger partial charge in [0.2, 0.25) is 0 Å². The number of imidazole rings is 1. The summed E-state index contributed by atoms with van der Waals surface area (Å²) < 4.78 is 7.84. The molecular formula is C29H33N5O. The molecule has 0 bridgehead atoms. The van der Waals surface area contributed by atoms with Crippen molar-refractivity contribution >= 4 is 17.0 Å². The lowest BCUT2D eigenvalue weighted by Gasteiger charge is -2.34. The van der Waals surface area contributed by atoms with Crippen LogP contribution < -0.4 is 15.4 Å². The number of likely N-dealkylation sites (tertiary alicyclic amines) is 1. The monoisotopic (exact) mass is 467 g/mol. The zero-order valence-corrected chi connectivity index (χ0v) is 20.5. The molecule has 0 aliphatic carbocycles. The van der Waals surface area contributed by atoms with Gasteiger partial charge in [-0.15, -0.1) is 0 Å². The molecule has 6 heteroatoms. The standard InChI is InChI=1S/C29H33N5O/c1-20(2)33-14-11-22(12-15-33)21-3-6-25(7-4-21)32-26-8-9-27(34-16-13-31-29(26)34)23-5-10-28-24(17-23)18-30-19-35-28/h3-10,13,16-17,20,22,30,32H,11-12,14-15,18-19H2,1-2H3. The zero-order valence-electron chi connectivity index (χ0n) is 20.5. The number of pyridine rings is 1. The van der Waals surface area contributed by atoms with Crippen molar-refractivity contribution in [2.24, 2.45) is 0 Å². The molecule has 2 aliphatic heterocycles. The predicted molar refractivity (Wildman–Crippen MR) is 141 cm³/mol. The quantitative estimate of drug-likeness (QED) is 0.390. The molecule has 0 amide bonds. The smallest absolute Gasteiger partial charge is 0.161 e. The molecule has 0 spiro atoms. The topological polar surface area (TPSA) is 53.8 Å². The van der Waals surface area contributed by atoms with E-state index in [0.29, 0.717) is 18.7 Å². The first kappa shape index (κ1) is 22.1. The highest BCUT2D eigenvalue weighted by atomic mass is 16.5. The molecule has 2 N–H and O–H groups in total. The van der Waals surface area contributed by atoms with Crippen molar-refractivity contribution in [2.45, 2.75) is 45.2 Å². The van der Waals surface area contributed by atoms with Crippen LogP contribution in [0.1, 0.15) is 43.7 Å². The van der Waals surface area contributed by atoms with Crippen LogP contribution in [0.25, 0.3) is 16.9 Å². The van der Waals surface area contributed by atoms with Gasteiger partial charge in [-0.05, 0) is 99.3 Å². The van der Waals surface area contributed by atoms with Crippen LogP contribution in [0.3, 0.4) is 0 Å². The largest absolute Gasteiger partial charge is 0.478 e. The maximum atomic E-state index is 5.69. The summed E-state index contributed by atoms with van der Waals surface area (Å²) in [4.78, 5) is 7.24. The second-order valence-electron chi connectivity index (χ2n) is 9.94. The van der Waals surface area contributed by atoms with Gasteiger partial charge in [-0.2, -0.15) is 0 Å². The normalized spacial score (nSPS) is 16.9. The first-order chi connectivity index (χ1) is 17.2. The van der Waals surface area contributed by atoms with Crippen molar-refractivity contribution in [2.75, 3.05) is 25.1 Å². The van der Waals surface area contributed by atoms with Crippen LogP contribution in [-0.2, 0) is 6.54 Å². The lowest BCUT2D eigenvalue weighted by atomic mass is 9.89. The lowest BCUT2D eigenvalue weighted by molar-refractivity contribution is 0.172. The van der Waals surface area contributed by atoms with E-state index in [2.05, 4.69) is 93.4 Å². The second-order valence-corrected chi connectivity index (χ2v) is 9.94. The first-order valence-electron chi connectivity index (χ1n) is 12.7. The van der Waals surface area contributed by atoms with Gasteiger partial charge >= 0.3 is 0 Å². The van der Waals surface area contributed by atoms with Crippen molar-refractivity contribution in [1.82, 2.24) is 19.6 Å². The minimum atomic E-state index is 0.566. The zero-order chi connectivity index (χ0) is 23.8. The summed E-state index contributed by atoms with van der Waals surface area (Å²) in [6.07, 6.45) is 6.37. The Morgan fingerprint density at radius 2 is 1.86 bits per heavy atom. The Morgan fingerprint density at radius 1 is 1.03 bits per heavy atom. The fourth-order valence-electron chi connectivity index (χ4n) is 5.42. The molecule has 0 radical (unpaired) electrons. The molecule has 1 fully saturated rings. The van der Waals surface area contributed by atoms with Gasteiger partial charge in [0.1, 0.15) is 12.5 Å². The summed E-state index contributed by atoms with van der Waals surface area (Å²) >= 11 is 0. The average molecular weight is 468 g/mol. The number of fused-ring (bicyclic) bond motifs is 2. The molecule has 4 aromatic rings. The van der Waals surface area contributed by atoms with Crippen LogP contribution in [0.2, 0.25) is 0 Å². The molecule has 2 aliphatic rings.